The van der Waals surface area contributed by atoms with Crippen LogP contribution in [-0.2, 0) is 29.0 Å². The zero-order valence-electron chi connectivity index (χ0n) is 21.0. The van der Waals surface area contributed by atoms with Crippen molar-refractivity contribution in [1.29, 1.82) is 0 Å². The third kappa shape index (κ3) is 6.71. The Morgan fingerprint density at radius 3 is 2.53 bits per heavy atom. The molecule has 2 aromatic rings. The molecule has 2 amide bonds. The number of hydrogen-bond donors (Lipinski definition) is 2. The molecule has 1 saturated heterocycles. The molecule has 36 heavy (non-hydrogen) atoms. The molecule has 0 aliphatic carbocycles. The Hall–Kier alpha value is -3.23. The summed E-state index contributed by atoms with van der Waals surface area (Å²) in [6.07, 6.45) is 0.812. The van der Waals surface area contributed by atoms with Crippen LogP contribution in [0.4, 0.5) is 0 Å². The largest absolute Gasteiger partial charge is 0.481 e. The summed E-state index contributed by atoms with van der Waals surface area (Å²) in [6, 6.07) is 15.6. The summed E-state index contributed by atoms with van der Waals surface area (Å²) in [5.74, 6) is -1.82. The van der Waals surface area contributed by atoms with Gasteiger partial charge >= 0.3 is 5.97 Å². The van der Waals surface area contributed by atoms with Gasteiger partial charge in [0.25, 0.3) is 5.91 Å². The maximum absolute atomic E-state index is 13.3. The third-order valence-electron chi connectivity index (χ3n) is 7.18. The number of benzene rings is 2. The fourth-order valence-electron chi connectivity index (χ4n) is 5.01. The van der Waals surface area contributed by atoms with Crippen LogP contribution in [0.2, 0.25) is 0 Å². The molecule has 0 aromatic heterocycles. The predicted molar refractivity (Wildman–Crippen MR) is 138 cm³/mol. The van der Waals surface area contributed by atoms with Crippen molar-refractivity contribution in [3.63, 3.8) is 0 Å². The number of carbonyl (C=O) groups excluding carboxylic acids is 2. The molecule has 8 nitrogen and oxygen atoms in total. The molecule has 8 heteroatoms. The zero-order valence-corrected chi connectivity index (χ0v) is 21.0. The van der Waals surface area contributed by atoms with E-state index >= 15 is 0 Å². The molecular formula is C28H36N4O4. The van der Waals surface area contributed by atoms with Crippen molar-refractivity contribution in [2.24, 2.45) is 5.92 Å². The van der Waals surface area contributed by atoms with Crippen molar-refractivity contribution in [2.45, 2.75) is 25.8 Å². The van der Waals surface area contributed by atoms with E-state index < -0.39 is 11.9 Å². The highest BCUT2D eigenvalue weighted by Crippen LogP contribution is 2.27. The van der Waals surface area contributed by atoms with Crippen LogP contribution in [0.15, 0.2) is 48.5 Å². The monoisotopic (exact) mass is 492 g/mol. The van der Waals surface area contributed by atoms with E-state index in [1.165, 1.54) is 0 Å². The molecule has 192 valence electrons. The van der Waals surface area contributed by atoms with Crippen LogP contribution in [0.5, 0.6) is 0 Å². The fourth-order valence-corrected chi connectivity index (χ4v) is 5.01. The quantitative estimate of drug-likeness (QED) is 0.555. The summed E-state index contributed by atoms with van der Waals surface area (Å²) in [5, 5.41) is 12.8. The third-order valence-corrected chi connectivity index (χ3v) is 7.18. The second-order valence-corrected chi connectivity index (χ2v) is 9.80. The van der Waals surface area contributed by atoms with E-state index in [9.17, 15) is 19.5 Å². The van der Waals surface area contributed by atoms with E-state index in [-0.39, 0.29) is 18.2 Å². The molecule has 4 rings (SSSR count). The van der Waals surface area contributed by atoms with Crippen LogP contribution in [0.3, 0.4) is 0 Å². The van der Waals surface area contributed by atoms with Crippen LogP contribution in [-0.4, -0.2) is 90.5 Å². The Morgan fingerprint density at radius 2 is 1.81 bits per heavy atom. The van der Waals surface area contributed by atoms with Crippen LogP contribution in [0.25, 0.3) is 0 Å². The minimum Gasteiger partial charge on any atom is -0.481 e. The number of carbonyl (C=O) groups is 3. The Labute approximate surface area is 212 Å². The molecule has 2 aliphatic rings. The summed E-state index contributed by atoms with van der Waals surface area (Å²) in [6.45, 7) is 6.34. The molecule has 2 N–H and O–H groups in total. The van der Waals surface area contributed by atoms with Crippen LogP contribution < -0.4 is 5.32 Å². The van der Waals surface area contributed by atoms with Crippen molar-refractivity contribution in [2.75, 3.05) is 52.9 Å². The normalized spacial score (nSPS) is 18.4. The van der Waals surface area contributed by atoms with E-state index in [0.29, 0.717) is 38.0 Å². The number of hydrogen-bond acceptors (Lipinski definition) is 5. The molecular weight excluding hydrogens is 456 g/mol. The number of nitrogens with zero attached hydrogens (tertiary/aromatic N) is 3. The van der Waals surface area contributed by atoms with E-state index in [2.05, 4.69) is 10.2 Å². The van der Waals surface area contributed by atoms with Crippen LogP contribution >= 0.6 is 0 Å². The highest BCUT2D eigenvalue weighted by Gasteiger charge is 2.31. The average molecular weight is 493 g/mol. The number of rotatable bonds is 9. The first kappa shape index (κ1) is 25.9. The van der Waals surface area contributed by atoms with Crippen molar-refractivity contribution in [1.82, 2.24) is 20.0 Å². The summed E-state index contributed by atoms with van der Waals surface area (Å²) in [5.41, 5.74) is 3.58. The van der Waals surface area contributed by atoms with Crippen molar-refractivity contribution in [3.05, 3.63) is 70.8 Å². The first-order valence-corrected chi connectivity index (χ1v) is 12.8. The molecule has 0 radical (unpaired) electrons. The Kier molecular flexibility index (Phi) is 8.72. The molecule has 0 bridgehead atoms. The lowest BCUT2D eigenvalue weighted by Crippen LogP contribution is -2.46. The lowest BCUT2D eigenvalue weighted by molar-refractivity contribution is -0.144. The number of fused-ring (bicyclic) bond motifs is 1. The smallest absolute Gasteiger partial charge is 0.304 e. The minimum atomic E-state index is -0.986. The van der Waals surface area contributed by atoms with Gasteiger partial charge < -0.3 is 20.2 Å². The molecule has 0 saturated carbocycles. The Bertz CT molecular complexity index is 1070. The van der Waals surface area contributed by atoms with E-state index in [0.717, 1.165) is 49.4 Å². The number of carboxylic acid groups (broad SMARTS) is 1. The number of amides is 2. The van der Waals surface area contributed by atoms with Crippen molar-refractivity contribution < 1.29 is 19.5 Å². The summed E-state index contributed by atoms with van der Waals surface area (Å²) in [4.78, 5) is 43.9. The molecule has 2 heterocycles. The second-order valence-electron chi connectivity index (χ2n) is 9.80. The predicted octanol–water partition coefficient (Wildman–Crippen LogP) is 1.88. The van der Waals surface area contributed by atoms with Crippen molar-refractivity contribution >= 4 is 17.8 Å². The van der Waals surface area contributed by atoms with Gasteiger partial charge in [0, 0.05) is 65.0 Å². The topological polar surface area (TPSA) is 93.2 Å². The lowest BCUT2D eigenvalue weighted by Gasteiger charge is -2.29. The van der Waals surface area contributed by atoms with E-state index in [1.807, 2.05) is 55.6 Å². The molecule has 2 aromatic carbocycles. The number of nitrogens with one attached hydrogen (secondary N) is 1. The number of carboxylic acids is 1. The first-order valence-electron chi connectivity index (χ1n) is 12.8. The minimum absolute atomic E-state index is 0.0563. The highest BCUT2D eigenvalue weighted by atomic mass is 16.4. The molecule has 0 spiro atoms. The van der Waals surface area contributed by atoms with Gasteiger partial charge in [0.15, 0.2) is 0 Å². The lowest BCUT2D eigenvalue weighted by atomic mass is 9.93. The molecule has 1 atom stereocenters. The number of piperazine rings is 1. The maximum atomic E-state index is 13.3. The zero-order chi connectivity index (χ0) is 25.5. The maximum Gasteiger partial charge on any atom is 0.304 e. The number of likely N-dealkylation sites (N-methyl/N-ethyl adjacent to an activating group) is 1. The standard InChI is InChI=1S/C28H36N4O4/c1-30(15-16-31-13-10-29-11-14-31)27(35)22-7-8-23-20-32(12-9-21-5-3-2-4-6-21)28(36)25(19-26(33)34)18-24(23)17-22/h2-8,17,25,29H,9-16,18-20H2,1H3,(H,33,34)/t25-/m1/s1. The Balaban J connectivity index is 1.48. The van der Waals surface area contributed by atoms with Gasteiger partial charge in [0.05, 0.1) is 12.3 Å². The van der Waals surface area contributed by atoms with Gasteiger partial charge in [-0.25, -0.2) is 0 Å². The SMILES string of the molecule is CN(CCN1CCNCC1)C(=O)c1ccc2c(c1)C[C@H](CC(=O)O)C(=O)N(CCc1ccccc1)C2. The molecule has 0 unspecified atom stereocenters. The van der Waals surface area contributed by atoms with Gasteiger partial charge in [-0.05, 0) is 41.7 Å². The number of aliphatic carboxylic acids is 1. The second kappa shape index (κ2) is 12.1. The summed E-state index contributed by atoms with van der Waals surface area (Å²) < 4.78 is 0. The van der Waals surface area contributed by atoms with Gasteiger partial charge in [-0.3, -0.25) is 19.3 Å². The fraction of sp³-hybridized carbons (Fsp3) is 0.464. The molecule has 1 fully saturated rings. The van der Waals surface area contributed by atoms with Gasteiger partial charge in [-0.15, -0.1) is 0 Å². The Morgan fingerprint density at radius 1 is 1.06 bits per heavy atom. The summed E-state index contributed by atoms with van der Waals surface area (Å²) >= 11 is 0. The average Bonchev–Trinajstić information content (AvgIpc) is 3.02. The first-order chi connectivity index (χ1) is 17.4. The van der Waals surface area contributed by atoms with Gasteiger partial charge in [-0.1, -0.05) is 36.4 Å². The van der Waals surface area contributed by atoms with E-state index in [1.54, 1.807) is 9.80 Å². The van der Waals surface area contributed by atoms with Gasteiger partial charge in [0.1, 0.15) is 0 Å². The van der Waals surface area contributed by atoms with Crippen LogP contribution in [0.1, 0.15) is 33.5 Å². The van der Waals surface area contributed by atoms with Crippen LogP contribution in [0, 0.1) is 5.92 Å². The van der Waals surface area contributed by atoms with Gasteiger partial charge in [0.2, 0.25) is 5.91 Å². The van der Waals surface area contributed by atoms with Crippen molar-refractivity contribution in [3.8, 4) is 0 Å². The van der Waals surface area contributed by atoms with Gasteiger partial charge in [-0.2, -0.15) is 0 Å². The van der Waals surface area contributed by atoms with E-state index in [4.69, 9.17) is 0 Å². The highest BCUT2D eigenvalue weighted by molar-refractivity contribution is 5.94. The summed E-state index contributed by atoms with van der Waals surface area (Å²) in [7, 11) is 1.82. The molecule has 2 aliphatic heterocycles.